The highest BCUT2D eigenvalue weighted by Gasteiger charge is 2.12. The maximum Gasteiger partial charge on any atom is 0.240 e. The van der Waals surface area contributed by atoms with Gasteiger partial charge in [-0.3, -0.25) is 4.99 Å². The Bertz CT molecular complexity index is 517. The molecule has 0 saturated heterocycles. The quantitative estimate of drug-likeness (QED) is 0.287. The largest absolute Gasteiger partial charge is 0.370 e. The molecule has 1 aromatic rings. The third-order valence-corrected chi connectivity index (χ3v) is 3.50. The number of nitrogens with one attached hydrogen (secondary N) is 1. The van der Waals surface area contributed by atoms with Crippen LogP contribution in [0.2, 0.25) is 5.02 Å². The molecule has 0 aliphatic carbocycles. The average molecular weight is 405 g/mol. The van der Waals surface area contributed by atoms with E-state index in [2.05, 4.69) is 9.71 Å². The number of sulfonamides is 1. The van der Waals surface area contributed by atoms with Crippen molar-refractivity contribution in [1.29, 1.82) is 0 Å². The molecule has 0 unspecified atom stereocenters. The minimum atomic E-state index is -3.57. The molecule has 0 aliphatic heterocycles. The van der Waals surface area contributed by atoms with Gasteiger partial charge in [-0.25, -0.2) is 13.1 Å². The van der Waals surface area contributed by atoms with Crippen LogP contribution in [0, 0.1) is 0 Å². The molecule has 0 spiro atoms. The molecule has 0 fully saturated rings. The van der Waals surface area contributed by atoms with Gasteiger partial charge in [0.05, 0.1) is 11.4 Å². The third-order valence-electron chi connectivity index (χ3n) is 1.80. The Kier molecular flexibility index (Phi) is 7.52. The normalized spacial score (nSPS) is 10.5. The number of nitrogens with two attached hydrogens (primary N) is 2. The van der Waals surface area contributed by atoms with Crippen LogP contribution in [0.5, 0.6) is 0 Å². The fourth-order valence-corrected chi connectivity index (χ4v) is 2.40. The molecule has 9 heteroatoms. The van der Waals surface area contributed by atoms with Crippen LogP contribution in [0.15, 0.2) is 34.2 Å². The van der Waals surface area contributed by atoms with Gasteiger partial charge in [-0.15, -0.1) is 24.0 Å². The van der Waals surface area contributed by atoms with Crippen molar-refractivity contribution in [3.05, 3.63) is 29.3 Å². The second-order valence-corrected chi connectivity index (χ2v) is 5.37. The van der Waals surface area contributed by atoms with E-state index in [-0.39, 0.29) is 47.9 Å². The zero-order chi connectivity index (χ0) is 12.9. The fourth-order valence-electron chi connectivity index (χ4n) is 1.08. The minimum Gasteiger partial charge on any atom is -0.370 e. The van der Waals surface area contributed by atoms with E-state index in [1.165, 1.54) is 12.1 Å². The first kappa shape index (κ1) is 17.4. The molecule has 0 heterocycles. The molecule has 5 N–H and O–H groups in total. The highest BCUT2D eigenvalue weighted by Crippen LogP contribution is 2.14. The van der Waals surface area contributed by atoms with E-state index in [9.17, 15) is 8.42 Å². The third kappa shape index (κ3) is 5.85. The van der Waals surface area contributed by atoms with E-state index in [1.807, 2.05) is 0 Å². The number of halogens is 2. The van der Waals surface area contributed by atoms with Gasteiger partial charge in [0.15, 0.2) is 5.96 Å². The van der Waals surface area contributed by atoms with E-state index in [0.29, 0.717) is 5.02 Å². The highest BCUT2D eigenvalue weighted by atomic mass is 127. The summed E-state index contributed by atoms with van der Waals surface area (Å²) in [5.74, 6) is -0.0769. The molecule has 0 atom stereocenters. The lowest BCUT2D eigenvalue weighted by Crippen LogP contribution is -2.28. The average Bonchev–Trinajstić information content (AvgIpc) is 2.24. The molecule has 1 aromatic carbocycles. The summed E-state index contributed by atoms with van der Waals surface area (Å²) in [4.78, 5) is 3.76. The van der Waals surface area contributed by atoms with Gasteiger partial charge in [-0.2, -0.15) is 0 Å². The Balaban J connectivity index is 0.00000289. The number of rotatable bonds is 5. The molecule has 0 bridgehead atoms. The van der Waals surface area contributed by atoms with Crippen LogP contribution in [0.4, 0.5) is 0 Å². The first-order chi connectivity index (χ1) is 7.92. The molecular formula is C9H14ClIN4O2S. The number of aliphatic imine (C=N–C) groups is 1. The Hall–Kier alpha value is -0.580. The number of hydrogen-bond donors (Lipinski definition) is 3. The van der Waals surface area contributed by atoms with Crippen molar-refractivity contribution in [2.75, 3.05) is 13.1 Å². The maximum absolute atomic E-state index is 11.7. The van der Waals surface area contributed by atoms with Crippen LogP contribution in [0.3, 0.4) is 0 Å². The van der Waals surface area contributed by atoms with Gasteiger partial charge in [-0.1, -0.05) is 17.7 Å². The number of guanidine groups is 1. The van der Waals surface area contributed by atoms with E-state index in [1.54, 1.807) is 12.1 Å². The van der Waals surface area contributed by atoms with Crippen LogP contribution in [-0.2, 0) is 10.0 Å². The smallest absolute Gasteiger partial charge is 0.240 e. The predicted octanol–water partition coefficient (Wildman–Crippen LogP) is 0.510. The van der Waals surface area contributed by atoms with Crippen molar-refractivity contribution in [3.8, 4) is 0 Å². The van der Waals surface area contributed by atoms with Crippen LogP contribution in [0.25, 0.3) is 0 Å². The topological polar surface area (TPSA) is 111 Å². The first-order valence-electron chi connectivity index (χ1n) is 4.72. The molecule has 1 rings (SSSR count). The van der Waals surface area contributed by atoms with Crippen molar-refractivity contribution in [2.45, 2.75) is 4.90 Å². The van der Waals surface area contributed by atoms with Gasteiger partial charge in [0.25, 0.3) is 0 Å². The molecular weight excluding hydrogens is 391 g/mol. The monoisotopic (exact) mass is 404 g/mol. The van der Waals surface area contributed by atoms with Crippen molar-refractivity contribution in [1.82, 2.24) is 4.72 Å². The Morgan fingerprint density at radius 1 is 1.39 bits per heavy atom. The second-order valence-electron chi connectivity index (χ2n) is 3.16. The Morgan fingerprint density at radius 3 is 2.61 bits per heavy atom. The molecule has 0 aliphatic rings. The summed E-state index contributed by atoms with van der Waals surface area (Å²) in [7, 11) is -3.57. The lowest BCUT2D eigenvalue weighted by Gasteiger charge is -2.05. The van der Waals surface area contributed by atoms with Gasteiger partial charge in [0, 0.05) is 11.6 Å². The lowest BCUT2D eigenvalue weighted by atomic mass is 10.4. The van der Waals surface area contributed by atoms with Crippen molar-refractivity contribution < 1.29 is 8.42 Å². The summed E-state index contributed by atoms with van der Waals surface area (Å²) in [5.41, 5.74) is 10.2. The second kappa shape index (κ2) is 7.77. The van der Waals surface area contributed by atoms with E-state index in [4.69, 9.17) is 23.1 Å². The summed E-state index contributed by atoms with van der Waals surface area (Å²) in [5, 5.41) is 0.358. The molecule has 6 nitrogen and oxygen atoms in total. The van der Waals surface area contributed by atoms with E-state index >= 15 is 0 Å². The molecule has 0 aromatic heterocycles. The van der Waals surface area contributed by atoms with Crippen LogP contribution in [0.1, 0.15) is 0 Å². The van der Waals surface area contributed by atoms with Crippen molar-refractivity contribution >= 4 is 51.6 Å². The summed E-state index contributed by atoms with van der Waals surface area (Å²) in [6.45, 7) is 0.300. The fraction of sp³-hybridized carbons (Fsp3) is 0.222. The maximum atomic E-state index is 11.7. The van der Waals surface area contributed by atoms with Gasteiger partial charge in [0.2, 0.25) is 10.0 Å². The summed E-state index contributed by atoms with van der Waals surface area (Å²) in [6, 6.07) is 5.98. The van der Waals surface area contributed by atoms with Gasteiger partial charge in [-0.05, 0) is 18.2 Å². The van der Waals surface area contributed by atoms with Crippen LogP contribution < -0.4 is 16.2 Å². The van der Waals surface area contributed by atoms with Gasteiger partial charge < -0.3 is 11.5 Å². The van der Waals surface area contributed by atoms with Gasteiger partial charge in [0.1, 0.15) is 0 Å². The highest BCUT2D eigenvalue weighted by molar-refractivity contribution is 14.0. The molecule has 0 radical (unpaired) electrons. The number of benzene rings is 1. The Morgan fingerprint density at radius 2 is 2.06 bits per heavy atom. The van der Waals surface area contributed by atoms with E-state index in [0.717, 1.165) is 0 Å². The number of hydrogen-bond acceptors (Lipinski definition) is 3. The minimum absolute atomic E-state index is 0. The predicted molar refractivity (Wildman–Crippen MR) is 82.7 cm³/mol. The van der Waals surface area contributed by atoms with Gasteiger partial charge >= 0.3 is 0 Å². The zero-order valence-corrected chi connectivity index (χ0v) is 13.2. The Labute approximate surface area is 128 Å². The van der Waals surface area contributed by atoms with Crippen molar-refractivity contribution in [2.24, 2.45) is 16.5 Å². The molecule has 102 valence electrons. The zero-order valence-electron chi connectivity index (χ0n) is 9.34. The lowest BCUT2D eigenvalue weighted by molar-refractivity contribution is 0.582. The van der Waals surface area contributed by atoms with E-state index < -0.39 is 10.0 Å². The van der Waals surface area contributed by atoms with Crippen molar-refractivity contribution in [3.63, 3.8) is 0 Å². The molecule has 0 saturated carbocycles. The molecule has 18 heavy (non-hydrogen) atoms. The SMILES string of the molecule is I.NC(N)=NCCNS(=O)(=O)c1cccc(Cl)c1. The van der Waals surface area contributed by atoms with Crippen LogP contribution >= 0.6 is 35.6 Å². The summed E-state index contributed by atoms with van der Waals surface area (Å²) in [6.07, 6.45) is 0. The first-order valence-corrected chi connectivity index (χ1v) is 6.58. The number of nitrogens with zero attached hydrogens (tertiary/aromatic N) is 1. The summed E-state index contributed by atoms with van der Waals surface area (Å²) < 4.78 is 25.8. The van der Waals surface area contributed by atoms with Crippen LogP contribution in [-0.4, -0.2) is 27.5 Å². The summed E-state index contributed by atoms with van der Waals surface area (Å²) >= 11 is 5.71. The molecule has 0 amide bonds. The standard InChI is InChI=1S/C9H13ClN4O2S.HI/c10-7-2-1-3-8(6-7)17(15,16)14-5-4-13-9(11)12;/h1-3,6,14H,4-5H2,(H4,11,12,13);1H.